The second kappa shape index (κ2) is 2.63. The van der Waals surface area contributed by atoms with Crippen LogP contribution in [0.4, 0.5) is 0 Å². The van der Waals surface area contributed by atoms with Gasteiger partial charge in [0.15, 0.2) is 5.82 Å². The highest BCUT2D eigenvalue weighted by molar-refractivity contribution is 7.78. The summed E-state index contributed by atoms with van der Waals surface area (Å²) in [5.74, 6) is 0.741. The lowest BCUT2D eigenvalue weighted by Gasteiger charge is -1.87. The van der Waals surface area contributed by atoms with Gasteiger partial charge in [-0.25, -0.2) is 4.68 Å². The molecule has 0 aliphatic heterocycles. The molecule has 1 aromatic heterocycles. The summed E-state index contributed by atoms with van der Waals surface area (Å²) < 4.78 is 1.57. The molecule has 4 nitrogen and oxygen atoms in total. The Hall–Kier alpha value is -0.840. The third-order valence-electron chi connectivity index (χ3n) is 0.938. The van der Waals surface area contributed by atoms with Crippen LogP contribution >= 0.6 is 12.2 Å². The molecule has 0 saturated carbocycles. The Kier molecular flexibility index (Phi) is 1.84. The summed E-state index contributed by atoms with van der Waals surface area (Å²) >= 11 is 4.50. The summed E-state index contributed by atoms with van der Waals surface area (Å²) in [4.78, 5) is 0. The van der Waals surface area contributed by atoms with Gasteiger partial charge in [0.2, 0.25) is 0 Å². The quantitative estimate of drug-likeness (QED) is 0.527. The van der Waals surface area contributed by atoms with Crippen LogP contribution in [0.5, 0.6) is 0 Å². The van der Waals surface area contributed by atoms with Crippen LogP contribution in [-0.2, 0) is 13.5 Å². The van der Waals surface area contributed by atoms with Crippen molar-refractivity contribution in [3.8, 4) is 0 Å². The summed E-state index contributed by atoms with van der Waals surface area (Å²) in [5.41, 5.74) is 0. The lowest BCUT2D eigenvalue weighted by Crippen LogP contribution is -1.98. The van der Waals surface area contributed by atoms with Crippen molar-refractivity contribution < 1.29 is 0 Å². The molecule has 0 bridgehead atoms. The molecule has 1 rings (SSSR count). The van der Waals surface area contributed by atoms with Gasteiger partial charge >= 0.3 is 0 Å². The zero-order valence-corrected chi connectivity index (χ0v) is 5.72. The highest BCUT2D eigenvalue weighted by Gasteiger charge is 1.96. The molecule has 1 heterocycles. The maximum atomic E-state index is 4.50. The van der Waals surface area contributed by atoms with E-state index in [1.807, 2.05) is 0 Å². The lowest BCUT2D eigenvalue weighted by atomic mass is 10.5. The molecule has 0 atom stereocenters. The topological polar surface area (TPSA) is 43.6 Å². The molecule has 0 N–H and O–H groups in total. The zero-order chi connectivity index (χ0) is 6.69. The normalized spacial score (nSPS) is 9.44. The molecule has 1 aromatic rings. The van der Waals surface area contributed by atoms with Crippen molar-refractivity contribution in [2.45, 2.75) is 6.42 Å². The third kappa shape index (κ3) is 1.29. The fourth-order valence-electron chi connectivity index (χ4n) is 0.462. The van der Waals surface area contributed by atoms with Gasteiger partial charge in [0.1, 0.15) is 0 Å². The fourth-order valence-corrected chi connectivity index (χ4v) is 0.591. The highest BCUT2D eigenvalue weighted by atomic mass is 32.1. The molecular formula is C4H5N4S. The molecule has 0 fully saturated rings. The predicted molar refractivity (Wildman–Crippen MR) is 35.1 cm³/mol. The number of hydrogen-bond donors (Lipinski definition) is 0. The molecule has 0 spiro atoms. The van der Waals surface area contributed by atoms with Crippen molar-refractivity contribution >= 4 is 17.6 Å². The molecule has 0 saturated heterocycles. The van der Waals surface area contributed by atoms with Crippen molar-refractivity contribution in [1.82, 2.24) is 20.2 Å². The van der Waals surface area contributed by atoms with E-state index >= 15 is 0 Å². The number of nitrogens with zero attached hydrogens (tertiary/aromatic N) is 4. The van der Waals surface area contributed by atoms with Crippen LogP contribution in [0, 0.1) is 0 Å². The summed E-state index contributed by atoms with van der Waals surface area (Å²) in [7, 11) is 1.77. The van der Waals surface area contributed by atoms with E-state index in [2.05, 4.69) is 33.1 Å². The minimum absolute atomic E-state index is 0.527. The maximum absolute atomic E-state index is 4.50. The number of hydrogen-bond acceptors (Lipinski definition) is 4. The lowest BCUT2D eigenvalue weighted by molar-refractivity contribution is 0.691. The smallest absolute Gasteiger partial charge is 0.156 e. The van der Waals surface area contributed by atoms with E-state index in [4.69, 9.17) is 0 Å². The average Bonchev–Trinajstić information content (AvgIpc) is 2.18. The molecule has 47 valence electrons. The third-order valence-corrected chi connectivity index (χ3v) is 1.08. The monoisotopic (exact) mass is 141 g/mol. The number of aryl methyl sites for hydroxylation is 1. The van der Waals surface area contributed by atoms with Crippen molar-refractivity contribution in [3.63, 3.8) is 0 Å². The summed E-state index contributed by atoms with van der Waals surface area (Å²) in [6.45, 7) is 0. The average molecular weight is 141 g/mol. The Balaban J connectivity index is 2.80. The van der Waals surface area contributed by atoms with E-state index in [1.54, 1.807) is 11.7 Å². The van der Waals surface area contributed by atoms with E-state index in [9.17, 15) is 0 Å². The van der Waals surface area contributed by atoms with Crippen LogP contribution in [0.2, 0.25) is 0 Å². The van der Waals surface area contributed by atoms with E-state index in [-0.39, 0.29) is 0 Å². The number of tetrazole rings is 1. The van der Waals surface area contributed by atoms with Crippen LogP contribution in [0.1, 0.15) is 5.82 Å². The SMILES string of the molecule is Cn1nnnc1C[C]=S. The molecule has 0 aromatic carbocycles. The minimum atomic E-state index is 0.527. The first-order valence-corrected chi connectivity index (χ1v) is 2.81. The highest BCUT2D eigenvalue weighted by Crippen LogP contribution is 1.85. The number of aromatic nitrogens is 4. The molecular weight excluding hydrogens is 136 g/mol. The van der Waals surface area contributed by atoms with Gasteiger partial charge < -0.3 is 0 Å². The summed E-state index contributed by atoms with van der Waals surface area (Å²) in [6.07, 6.45) is 0.527. The van der Waals surface area contributed by atoms with Crippen molar-refractivity contribution in [2.75, 3.05) is 0 Å². The molecule has 0 aliphatic rings. The molecule has 5 heteroatoms. The Labute approximate surface area is 57.9 Å². The molecule has 9 heavy (non-hydrogen) atoms. The zero-order valence-electron chi connectivity index (χ0n) is 4.90. The van der Waals surface area contributed by atoms with Crippen LogP contribution in [0.15, 0.2) is 0 Å². The standard InChI is InChI=1S/C4H5N4S/c1-8-4(2-3-9)5-6-7-8/h2H2,1H3. The van der Waals surface area contributed by atoms with E-state index in [0.717, 1.165) is 5.82 Å². The van der Waals surface area contributed by atoms with Gasteiger partial charge in [-0.3, -0.25) is 0 Å². The van der Waals surface area contributed by atoms with Crippen LogP contribution in [-0.4, -0.2) is 25.6 Å². The second-order valence-corrected chi connectivity index (χ2v) is 1.83. The van der Waals surface area contributed by atoms with Gasteiger partial charge in [-0.2, -0.15) is 0 Å². The van der Waals surface area contributed by atoms with Gasteiger partial charge in [0, 0.05) is 18.8 Å². The van der Waals surface area contributed by atoms with Crippen molar-refractivity contribution in [1.29, 1.82) is 0 Å². The van der Waals surface area contributed by atoms with Crippen LogP contribution in [0.25, 0.3) is 0 Å². The van der Waals surface area contributed by atoms with Gasteiger partial charge in [-0.05, 0) is 10.4 Å². The number of thiocarbonyl (C=S) groups is 1. The Morgan fingerprint density at radius 1 is 1.78 bits per heavy atom. The molecule has 0 amide bonds. The van der Waals surface area contributed by atoms with Gasteiger partial charge in [-0.15, -0.1) is 5.10 Å². The first-order chi connectivity index (χ1) is 4.34. The van der Waals surface area contributed by atoms with Gasteiger partial charge in [-0.1, -0.05) is 12.2 Å². The second-order valence-electron chi connectivity index (χ2n) is 1.54. The minimum Gasteiger partial charge on any atom is -0.232 e. The molecule has 1 radical (unpaired) electrons. The Morgan fingerprint density at radius 3 is 3.00 bits per heavy atom. The van der Waals surface area contributed by atoms with Gasteiger partial charge in [0.05, 0.1) is 0 Å². The predicted octanol–water partition coefficient (Wildman–Crippen LogP) is -0.371. The summed E-state index contributed by atoms with van der Waals surface area (Å²) in [6, 6.07) is 0. The van der Waals surface area contributed by atoms with Crippen LogP contribution < -0.4 is 0 Å². The number of rotatable bonds is 2. The first kappa shape index (κ1) is 6.28. The van der Waals surface area contributed by atoms with E-state index in [1.165, 1.54) is 0 Å². The fraction of sp³-hybridized carbons (Fsp3) is 0.500. The Morgan fingerprint density at radius 2 is 2.56 bits per heavy atom. The first-order valence-electron chi connectivity index (χ1n) is 2.41. The molecule has 0 aliphatic carbocycles. The van der Waals surface area contributed by atoms with Crippen LogP contribution in [0.3, 0.4) is 0 Å². The van der Waals surface area contributed by atoms with Gasteiger partial charge in [0.25, 0.3) is 0 Å². The van der Waals surface area contributed by atoms with E-state index in [0.29, 0.717) is 6.42 Å². The Bertz CT molecular complexity index is 206. The maximum Gasteiger partial charge on any atom is 0.156 e. The van der Waals surface area contributed by atoms with E-state index < -0.39 is 0 Å². The summed E-state index contributed by atoms with van der Waals surface area (Å²) in [5, 5.41) is 13.2. The van der Waals surface area contributed by atoms with Crippen molar-refractivity contribution in [3.05, 3.63) is 5.82 Å². The van der Waals surface area contributed by atoms with Crippen molar-refractivity contribution in [2.24, 2.45) is 7.05 Å². The largest absolute Gasteiger partial charge is 0.232 e. The molecule has 0 unspecified atom stereocenters.